The Kier molecular flexibility index (Phi) is 5.86. The summed E-state index contributed by atoms with van der Waals surface area (Å²) in [7, 11) is 0. The van der Waals surface area contributed by atoms with Crippen molar-refractivity contribution in [3.8, 4) is 5.75 Å². The second-order valence-corrected chi connectivity index (χ2v) is 8.85. The van der Waals surface area contributed by atoms with E-state index in [9.17, 15) is 26.7 Å². The number of hydrogen-bond donors (Lipinski definition) is 1. The summed E-state index contributed by atoms with van der Waals surface area (Å²) in [5.74, 6) is -3.20. The second kappa shape index (κ2) is 8.71. The highest BCUT2D eigenvalue weighted by Gasteiger charge is 2.47. The van der Waals surface area contributed by atoms with E-state index in [-0.39, 0.29) is 17.8 Å². The molecule has 184 valence electrons. The molecule has 3 fully saturated rings. The minimum atomic E-state index is -4.66. The lowest BCUT2D eigenvalue weighted by atomic mass is 10.2. The molecule has 3 aliphatic rings. The minimum Gasteiger partial charge on any atom is -0.484 e. The molecule has 3 atom stereocenters. The van der Waals surface area contributed by atoms with Gasteiger partial charge < -0.3 is 24.1 Å². The Morgan fingerprint density at radius 1 is 1.12 bits per heavy atom. The molecule has 1 saturated heterocycles. The van der Waals surface area contributed by atoms with Crippen LogP contribution in [0.2, 0.25) is 0 Å². The van der Waals surface area contributed by atoms with Crippen molar-refractivity contribution in [3.63, 3.8) is 0 Å². The van der Waals surface area contributed by atoms with Crippen molar-refractivity contribution in [3.05, 3.63) is 35.2 Å². The van der Waals surface area contributed by atoms with Gasteiger partial charge in [-0.3, -0.25) is 4.79 Å². The van der Waals surface area contributed by atoms with Crippen molar-refractivity contribution in [1.82, 2.24) is 4.98 Å². The molecule has 1 aromatic heterocycles. The summed E-state index contributed by atoms with van der Waals surface area (Å²) in [5, 5.41) is 2.21. The first-order valence-electron chi connectivity index (χ1n) is 11.0. The molecule has 5 rings (SSSR count). The van der Waals surface area contributed by atoms with Crippen LogP contribution in [0.3, 0.4) is 0 Å². The van der Waals surface area contributed by atoms with Gasteiger partial charge in [-0.15, -0.1) is 0 Å². The third-order valence-corrected chi connectivity index (χ3v) is 6.28. The SMILES string of the molecule is O=C(Nc1cc(F)c(OC2CC3C[C@H]3C2)c(F)c1)c1nc(N2CCOCC2)oc1CC(F)(F)F. The molecule has 2 unspecified atom stereocenters. The summed E-state index contributed by atoms with van der Waals surface area (Å²) < 4.78 is 84.2. The number of aromatic nitrogens is 1. The molecule has 2 aliphatic carbocycles. The first-order valence-corrected chi connectivity index (χ1v) is 11.0. The molecule has 1 amide bonds. The highest BCUT2D eigenvalue weighted by Crippen LogP contribution is 2.52. The largest absolute Gasteiger partial charge is 0.484 e. The molecule has 34 heavy (non-hydrogen) atoms. The zero-order chi connectivity index (χ0) is 24.0. The fourth-order valence-electron chi connectivity index (χ4n) is 4.57. The van der Waals surface area contributed by atoms with Crippen LogP contribution in [0.5, 0.6) is 5.75 Å². The monoisotopic (exact) mass is 487 g/mol. The van der Waals surface area contributed by atoms with E-state index in [2.05, 4.69) is 10.3 Å². The van der Waals surface area contributed by atoms with Gasteiger partial charge in [0.1, 0.15) is 12.2 Å². The number of carbonyl (C=O) groups is 1. The number of morpholine rings is 1. The Labute approximate surface area is 191 Å². The molecule has 2 aromatic rings. The summed E-state index contributed by atoms with van der Waals surface area (Å²) in [6, 6.07) is 1.57. The average molecular weight is 487 g/mol. The van der Waals surface area contributed by atoms with Crippen LogP contribution in [0, 0.1) is 23.5 Å². The molecule has 1 aliphatic heterocycles. The first kappa shape index (κ1) is 22.9. The topological polar surface area (TPSA) is 76.8 Å². The lowest BCUT2D eigenvalue weighted by molar-refractivity contribution is -0.130. The summed E-state index contributed by atoms with van der Waals surface area (Å²) in [6.07, 6.45) is -3.81. The predicted molar refractivity (Wildman–Crippen MR) is 109 cm³/mol. The number of ether oxygens (including phenoxy) is 2. The van der Waals surface area contributed by atoms with Gasteiger partial charge in [0, 0.05) is 30.9 Å². The van der Waals surface area contributed by atoms with Crippen LogP contribution in [0.4, 0.5) is 33.7 Å². The van der Waals surface area contributed by atoms with Gasteiger partial charge in [0.15, 0.2) is 23.1 Å². The van der Waals surface area contributed by atoms with E-state index in [1.165, 1.54) is 0 Å². The molecule has 0 bridgehead atoms. The van der Waals surface area contributed by atoms with Gasteiger partial charge in [0.05, 0.1) is 19.3 Å². The smallest absolute Gasteiger partial charge is 0.396 e. The number of hydrogen-bond acceptors (Lipinski definition) is 6. The lowest BCUT2D eigenvalue weighted by Crippen LogP contribution is -2.36. The Hall–Kier alpha value is -2.89. The third kappa shape index (κ3) is 4.96. The zero-order valence-electron chi connectivity index (χ0n) is 18.0. The number of amides is 1. The van der Waals surface area contributed by atoms with Crippen LogP contribution in [0.25, 0.3) is 0 Å². The molecular formula is C22H22F5N3O4. The van der Waals surface area contributed by atoms with E-state index >= 15 is 0 Å². The number of benzene rings is 1. The number of oxazole rings is 1. The Morgan fingerprint density at radius 2 is 1.76 bits per heavy atom. The van der Waals surface area contributed by atoms with Crippen molar-refractivity contribution in [2.45, 2.75) is 38.0 Å². The van der Waals surface area contributed by atoms with Crippen LogP contribution < -0.4 is 15.0 Å². The molecular weight excluding hydrogens is 465 g/mol. The normalized spacial score (nSPS) is 24.1. The summed E-state index contributed by atoms with van der Waals surface area (Å²) >= 11 is 0. The van der Waals surface area contributed by atoms with Gasteiger partial charge in [-0.05, 0) is 31.1 Å². The molecule has 2 saturated carbocycles. The van der Waals surface area contributed by atoms with E-state index in [0.29, 0.717) is 38.1 Å². The van der Waals surface area contributed by atoms with E-state index in [1.807, 2.05) is 0 Å². The lowest BCUT2D eigenvalue weighted by Gasteiger charge is -2.24. The van der Waals surface area contributed by atoms with Gasteiger partial charge in [-0.25, -0.2) is 8.78 Å². The number of nitrogens with one attached hydrogen (secondary N) is 1. The zero-order valence-corrected chi connectivity index (χ0v) is 18.0. The number of carbonyl (C=O) groups excluding carboxylic acids is 1. The third-order valence-electron chi connectivity index (χ3n) is 6.28. The number of rotatable bonds is 6. The van der Waals surface area contributed by atoms with Crippen molar-refractivity contribution in [2.24, 2.45) is 11.8 Å². The quantitative estimate of drug-likeness (QED) is 0.612. The van der Waals surface area contributed by atoms with Crippen LogP contribution >= 0.6 is 0 Å². The number of alkyl halides is 3. The molecule has 0 radical (unpaired) electrons. The standard InChI is InChI=1S/C22H22F5N3O4/c23-15-8-13(9-16(24)19(15)33-14-6-11-5-12(11)7-14)28-20(31)18-17(10-22(25,26)27)34-21(29-18)30-1-3-32-4-2-30/h8-9,11-12,14H,1-7,10H2,(H,28,31)/t11-,12?,14?/m0/s1. The molecule has 12 heteroatoms. The molecule has 2 heterocycles. The summed E-state index contributed by atoms with van der Waals surface area (Å²) in [4.78, 5) is 18.2. The molecule has 0 spiro atoms. The highest BCUT2D eigenvalue weighted by atomic mass is 19.4. The van der Waals surface area contributed by atoms with Gasteiger partial charge >= 0.3 is 6.18 Å². The number of halogens is 5. The number of nitrogens with zero attached hydrogens (tertiary/aromatic N) is 2. The van der Waals surface area contributed by atoms with Crippen molar-refractivity contribution >= 4 is 17.6 Å². The van der Waals surface area contributed by atoms with Gasteiger partial charge in [-0.2, -0.15) is 18.2 Å². The number of anilines is 2. The van der Waals surface area contributed by atoms with Crippen molar-refractivity contribution < 1.29 is 40.6 Å². The minimum absolute atomic E-state index is 0.150. The maximum atomic E-state index is 14.6. The fourth-order valence-corrected chi connectivity index (χ4v) is 4.57. The van der Waals surface area contributed by atoms with Crippen LogP contribution in [0.15, 0.2) is 16.5 Å². The summed E-state index contributed by atoms with van der Waals surface area (Å²) in [6.45, 7) is 1.31. The van der Waals surface area contributed by atoms with Crippen LogP contribution in [0.1, 0.15) is 35.5 Å². The van der Waals surface area contributed by atoms with E-state index in [4.69, 9.17) is 13.9 Å². The molecule has 1 aromatic carbocycles. The van der Waals surface area contributed by atoms with Gasteiger partial charge in [0.2, 0.25) is 0 Å². The Morgan fingerprint density at radius 3 is 2.38 bits per heavy atom. The van der Waals surface area contributed by atoms with Crippen LogP contribution in [-0.2, 0) is 11.2 Å². The second-order valence-electron chi connectivity index (χ2n) is 8.85. The van der Waals surface area contributed by atoms with E-state index in [1.54, 1.807) is 4.90 Å². The molecule has 1 N–H and O–H groups in total. The molecule has 7 nitrogen and oxygen atoms in total. The highest BCUT2D eigenvalue weighted by molar-refractivity contribution is 6.03. The first-order chi connectivity index (χ1) is 16.2. The van der Waals surface area contributed by atoms with Gasteiger partial charge in [-0.1, -0.05) is 0 Å². The summed E-state index contributed by atoms with van der Waals surface area (Å²) in [5.41, 5.74) is -0.888. The predicted octanol–water partition coefficient (Wildman–Crippen LogP) is 4.32. The van der Waals surface area contributed by atoms with E-state index in [0.717, 1.165) is 31.4 Å². The Bertz CT molecular complexity index is 1050. The maximum Gasteiger partial charge on any atom is 0.396 e. The van der Waals surface area contributed by atoms with Gasteiger partial charge in [0.25, 0.3) is 11.9 Å². The van der Waals surface area contributed by atoms with Crippen molar-refractivity contribution in [2.75, 3.05) is 36.5 Å². The average Bonchev–Trinajstić information content (AvgIpc) is 3.17. The van der Waals surface area contributed by atoms with Crippen LogP contribution in [-0.4, -0.2) is 49.5 Å². The number of fused-ring (bicyclic) bond motifs is 1. The Balaban J connectivity index is 1.34. The van der Waals surface area contributed by atoms with E-state index < -0.39 is 47.3 Å². The fraction of sp³-hybridized carbons (Fsp3) is 0.545. The van der Waals surface area contributed by atoms with Crippen molar-refractivity contribution in [1.29, 1.82) is 0 Å². The maximum absolute atomic E-state index is 14.6.